The molecule has 1 atom stereocenters. The van der Waals surface area contributed by atoms with Crippen LogP contribution >= 0.6 is 0 Å². The lowest BCUT2D eigenvalue weighted by Crippen LogP contribution is -2.18. The van der Waals surface area contributed by atoms with Crippen LogP contribution in [0, 0.1) is 0 Å². The number of methoxy groups -OCH3 is 3. The Bertz CT molecular complexity index is 1380. The fourth-order valence-electron chi connectivity index (χ4n) is 4.32. The lowest BCUT2D eigenvalue weighted by molar-refractivity contribution is 0.414. The van der Waals surface area contributed by atoms with Gasteiger partial charge in [-0.25, -0.2) is 0 Å². The summed E-state index contributed by atoms with van der Waals surface area (Å²) in [4.78, 5) is 4.58. The number of hydrazone groups is 1. The van der Waals surface area contributed by atoms with E-state index in [9.17, 15) is 0 Å². The predicted octanol–water partition coefficient (Wildman–Crippen LogP) is 6.82. The minimum atomic E-state index is 0.0711. The van der Waals surface area contributed by atoms with Crippen LogP contribution in [0.25, 0.3) is 0 Å². The maximum absolute atomic E-state index is 5.36. The van der Waals surface area contributed by atoms with Crippen LogP contribution in [0.4, 0.5) is 11.4 Å². The summed E-state index contributed by atoms with van der Waals surface area (Å²) in [7, 11) is 5.01. The van der Waals surface area contributed by atoms with Crippen molar-refractivity contribution in [3.05, 3.63) is 114 Å². The Morgan fingerprint density at radius 3 is 1.81 bits per heavy atom. The van der Waals surface area contributed by atoms with Gasteiger partial charge in [0.1, 0.15) is 17.2 Å². The minimum Gasteiger partial charge on any atom is -0.497 e. The molecule has 4 aromatic carbocycles. The summed E-state index contributed by atoms with van der Waals surface area (Å²) >= 11 is 0. The van der Waals surface area contributed by atoms with E-state index in [2.05, 4.69) is 58.5 Å². The van der Waals surface area contributed by atoms with E-state index < -0.39 is 0 Å². The first-order chi connectivity index (χ1) is 18.2. The first-order valence-electron chi connectivity index (χ1n) is 12.1. The van der Waals surface area contributed by atoms with Gasteiger partial charge in [-0.05, 0) is 89.5 Å². The molecule has 0 aliphatic carbocycles. The monoisotopic (exact) mass is 491 g/mol. The van der Waals surface area contributed by atoms with Gasteiger partial charge in [-0.15, -0.1) is 0 Å². The average molecular weight is 492 g/mol. The van der Waals surface area contributed by atoms with E-state index >= 15 is 0 Å². The summed E-state index contributed by atoms with van der Waals surface area (Å²) in [5.74, 6) is 2.48. The zero-order valence-corrected chi connectivity index (χ0v) is 21.2. The van der Waals surface area contributed by atoms with E-state index in [1.54, 1.807) is 21.3 Å². The van der Waals surface area contributed by atoms with Crippen LogP contribution in [-0.2, 0) is 0 Å². The van der Waals surface area contributed by atoms with Crippen molar-refractivity contribution in [3.8, 4) is 17.2 Å². The van der Waals surface area contributed by atoms with Gasteiger partial charge in [0.05, 0.1) is 44.5 Å². The first kappa shape index (κ1) is 24.1. The fourth-order valence-corrected chi connectivity index (χ4v) is 4.32. The molecule has 0 saturated carbocycles. The van der Waals surface area contributed by atoms with Crippen LogP contribution in [0.2, 0.25) is 0 Å². The molecular weight excluding hydrogens is 462 g/mol. The van der Waals surface area contributed by atoms with Crippen LogP contribution in [0.5, 0.6) is 17.2 Å². The van der Waals surface area contributed by atoms with Crippen molar-refractivity contribution in [1.82, 2.24) is 0 Å². The lowest BCUT2D eigenvalue weighted by atomic mass is 9.98. The Labute approximate surface area is 217 Å². The van der Waals surface area contributed by atoms with E-state index in [-0.39, 0.29) is 6.04 Å². The Balaban J connectivity index is 1.41. The summed E-state index contributed by atoms with van der Waals surface area (Å²) < 4.78 is 15.9. The summed E-state index contributed by atoms with van der Waals surface area (Å²) in [6, 6.07) is 32.3. The number of rotatable bonds is 8. The number of anilines is 1. The van der Waals surface area contributed by atoms with Gasteiger partial charge in [0.15, 0.2) is 0 Å². The molecule has 1 unspecified atom stereocenters. The number of aliphatic imine (C=N–C) groups is 1. The highest BCUT2D eigenvalue weighted by atomic mass is 16.5. The Morgan fingerprint density at radius 2 is 1.24 bits per heavy atom. The molecule has 5 rings (SSSR count). The zero-order chi connectivity index (χ0) is 25.6. The van der Waals surface area contributed by atoms with E-state index in [0.29, 0.717) is 0 Å². The summed E-state index contributed by atoms with van der Waals surface area (Å²) in [6.45, 7) is 0. The van der Waals surface area contributed by atoms with Crippen molar-refractivity contribution in [3.63, 3.8) is 0 Å². The lowest BCUT2D eigenvalue weighted by Gasteiger charge is -2.24. The van der Waals surface area contributed by atoms with E-state index in [4.69, 9.17) is 19.3 Å². The standard InChI is InChI=1S/C31H29N3O3/c1-35-27-14-6-23(7-15-27)30-20-31(24-8-16-28(36-2)17-9-24)34(33-30)26-12-4-22(5-13-26)21-32-25-10-18-29(37-3)19-11-25/h4-19,21,31H,20H2,1-3H3. The molecule has 4 aromatic rings. The normalized spacial score (nSPS) is 15.1. The molecule has 0 spiro atoms. The van der Waals surface area contributed by atoms with Crippen LogP contribution in [-0.4, -0.2) is 33.3 Å². The molecule has 0 aromatic heterocycles. The highest BCUT2D eigenvalue weighted by Gasteiger charge is 2.30. The molecule has 0 amide bonds. The van der Waals surface area contributed by atoms with Gasteiger partial charge < -0.3 is 14.2 Å². The number of nitrogens with zero attached hydrogens (tertiary/aromatic N) is 3. The second-order valence-corrected chi connectivity index (χ2v) is 8.66. The molecular formula is C31H29N3O3. The molecule has 37 heavy (non-hydrogen) atoms. The first-order valence-corrected chi connectivity index (χ1v) is 12.1. The largest absolute Gasteiger partial charge is 0.497 e. The van der Waals surface area contributed by atoms with Crippen molar-refractivity contribution in [1.29, 1.82) is 0 Å². The van der Waals surface area contributed by atoms with E-state index in [1.165, 1.54) is 5.56 Å². The van der Waals surface area contributed by atoms with Crippen LogP contribution in [0.1, 0.15) is 29.2 Å². The van der Waals surface area contributed by atoms with E-state index in [0.717, 1.165) is 51.9 Å². The van der Waals surface area contributed by atoms with Gasteiger partial charge in [-0.3, -0.25) is 10.0 Å². The fraction of sp³-hybridized carbons (Fsp3) is 0.161. The number of hydrogen-bond donors (Lipinski definition) is 0. The minimum absolute atomic E-state index is 0.0711. The molecule has 0 saturated heterocycles. The third-order valence-electron chi connectivity index (χ3n) is 6.43. The molecule has 0 N–H and O–H groups in total. The SMILES string of the molecule is COc1ccc(N=Cc2ccc(N3N=C(c4ccc(OC)cc4)CC3c3ccc(OC)cc3)cc2)cc1. The van der Waals surface area contributed by atoms with Crippen molar-refractivity contribution >= 4 is 23.3 Å². The molecule has 6 heteroatoms. The van der Waals surface area contributed by atoms with Crippen LogP contribution in [0.15, 0.2) is 107 Å². The van der Waals surface area contributed by atoms with Gasteiger partial charge in [0.25, 0.3) is 0 Å². The molecule has 6 nitrogen and oxygen atoms in total. The second kappa shape index (κ2) is 11.0. The predicted molar refractivity (Wildman–Crippen MR) is 149 cm³/mol. The summed E-state index contributed by atoms with van der Waals surface area (Å²) in [5, 5.41) is 7.16. The van der Waals surface area contributed by atoms with Gasteiger partial charge in [0, 0.05) is 12.6 Å². The third kappa shape index (κ3) is 5.48. The highest BCUT2D eigenvalue weighted by Crippen LogP contribution is 2.37. The maximum atomic E-state index is 5.36. The molecule has 1 aliphatic rings. The van der Waals surface area contributed by atoms with Crippen LogP contribution in [0.3, 0.4) is 0 Å². The number of hydrogen-bond acceptors (Lipinski definition) is 6. The number of benzene rings is 4. The quantitative estimate of drug-likeness (QED) is 0.254. The van der Waals surface area contributed by atoms with Crippen molar-refractivity contribution in [2.45, 2.75) is 12.5 Å². The second-order valence-electron chi connectivity index (χ2n) is 8.66. The Kier molecular flexibility index (Phi) is 7.17. The summed E-state index contributed by atoms with van der Waals surface area (Å²) in [5.41, 5.74) is 6.21. The van der Waals surface area contributed by atoms with E-state index in [1.807, 2.05) is 54.7 Å². The molecule has 186 valence electrons. The van der Waals surface area contributed by atoms with Gasteiger partial charge in [-0.1, -0.05) is 24.3 Å². The van der Waals surface area contributed by atoms with Crippen LogP contribution < -0.4 is 19.2 Å². The smallest absolute Gasteiger partial charge is 0.119 e. The zero-order valence-electron chi connectivity index (χ0n) is 21.2. The molecule has 0 fully saturated rings. The summed E-state index contributed by atoms with van der Waals surface area (Å²) in [6.07, 6.45) is 2.65. The molecule has 1 aliphatic heterocycles. The highest BCUT2D eigenvalue weighted by molar-refractivity contribution is 6.03. The van der Waals surface area contributed by atoms with Crippen molar-refractivity contribution in [2.24, 2.45) is 10.1 Å². The molecule has 1 heterocycles. The van der Waals surface area contributed by atoms with Gasteiger partial charge in [0.2, 0.25) is 0 Å². The Morgan fingerprint density at radius 1 is 0.703 bits per heavy atom. The van der Waals surface area contributed by atoms with Crippen molar-refractivity contribution in [2.75, 3.05) is 26.3 Å². The third-order valence-corrected chi connectivity index (χ3v) is 6.43. The number of ether oxygens (including phenoxy) is 3. The molecule has 0 bridgehead atoms. The molecule has 0 radical (unpaired) electrons. The topological polar surface area (TPSA) is 55.7 Å². The van der Waals surface area contributed by atoms with Crippen molar-refractivity contribution < 1.29 is 14.2 Å². The Hall–Kier alpha value is -4.58. The maximum Gasteiger partial charge on any atom is 0.119 e. The average Bonchev–Trinajstić information content (AvgIpc) is 3.42. The van der Waals surface area contributed by atoms with Gasteiger partial charge >= 0.3 is 0 Å². The van der Waals surface area contributed by atoms with Gasteiger partial charge in [-0.2, -0.15) is 5.10 Å².